The summed E-state index contributed by atoms with van der Waals surface area (Å²) in [5, 5.41) is 29.5. The smallest absolute Gasteiger partial charge is 0.336 e. The van der Waals surface area contributed by atoms with Gasteiger partial charge in [-0.3, -0.25) is 0 Å². The van der Waals surface area contributed by atoms with Gasteiger partial charge in [0.15, 0.2) is 11.5 Å². The lowest BCUT2D eigenvalue weighted by molar-refractivity contribution is 0.0690. The van der Waals surface area contributed by atoms with Gasteiger partial charge in [0.05, 0.1) is 12.7 Å². The first kappa shape index (κ1) is 18.8. The van der Waals surface area contributed by atoms with Crippen molar-refractivity contribution >= 4 is 5.97 Å². The summed E-state index contributed by atoms with van der Waals surface area (Å²) >= 11 is 0. The topological polar surface area (TPSA) is 87.0 Å². The maximum atomic E-state index is 11.4. The van der Waals surface area contributed by atoms with Crippen molar-refractivity contribution in [3.8, 4) is 11.5 Å². The number of aliphatic hydroxyl groups excluding tert-OH is 1. The molecule has 0 saturated heterocycles. The number of carboxylic acid groups (broad SMARTS) is 1. The number of carbonyl (C=O) groups is 1. The predicted molar refractivity (Wildman–Crippen MR) is 89.0 cm³/mol. The molecule has 0 aliphatic rings. The third-order valence-corrected chi connectivity index (χ3v) is 3.44. The van der Waals surface area contributed by atoms with E-state index in [1.165, 1.54) is 24.8 Å². The number of allylic oxidation sites excluding steroid dienone is 3. The van der Waals surface area contributed by atoms with Gasteiger partial charge in [-0.25, -0.2) is 4.79 Å². The molecule has 1 aromatic rings. The van der Waals surface area contributed by atoms with Crippen molar-refractivity contribution in [3.63, 3.8) is 0 Å². The number of carboxylic acids is 1. The van der Waals surface area contributed by atoms with Gasteiger partial charge < -0.3 is 20.1 Å². The molecule has 126 valence electrons. The molecule has 0 spiro atoms. The van der Waals surface area contributed by atoms with Crippen LogP contribution >= 0.6 is 0 Å². The summed E-state index contributed by atoms with van der Waals surface area (Å²) in [5.74, 6) is -1.42. The summed E-state index contributed by atoms with van der Waals surface area (Å²) in [6.45, 7) is 5.91. The van der Waals surface area contributed by atoms with Crippen molar-refractivity contribution < 1.29 is 24.9 Å². The zero-order valence-electron chi connectivity index (χ0n) is 14.0. The third-order valence-electron chi connectivity index (χ3n) is 3.44. The normalized spacial score (nSPS) is 12.7. The maximum Gasteiger partial charge on any atom is 0.336 e. The Morgan fingerprint density at radius 2 is 1.96 bits per heavy atom. The van der Waals surface area contributed by atoms with Gasteiger partial charge in [0.1, 0.15) is 6.10 Å². The van der Waals surface area contributed by atoms with E-state index in [9.17, 15) is 20.1 Å². The van der Waals surface area contributed by atoms with Crippen LogP contribution in [-0.4, -0.2) is 28.4 Å². The van der Waals surface area contributed by atoms with Crippen LogP contribution in [0.5, 0.6) is 11.5 Å². The van der Waals surface area contributed by atoms with Crippen molar-refractivity contribution in [2.75, 3.05) is 7.11 Å². The molecule has 5 heteroatoms. The third kappa shape index (κ3) is 5.14. The van der Waals surface area contributed by atoms with E-state index < -0.39 is 12.1 Å². The van der Waals surface area contributed by atoms with Crippen LogP contribution in [0.2, 0.25) is 0 Å². The number of hydrogen-bond acceptors (Lipinski definition) is 4. The second-order valence-corrected chi connectivity index (χ2v) is 5.66. The summed E-state index contributed by atoms with van der Waals surface area (Å²) in [4.78, 5) is 11.4. The summed E-state index contributed by atoms with van der Waals surface area (Å²) < 4.78 is 5.07. The first-order chi connectivity index (χ1) is 10.8. The summed E-state index contributed by atoms with van der Waals surface area (Å²) in [6.07, 6.45) is 4.12. The maximum absolute atomic E-state index is 11.4. The Morgan fingerprint density at radius 3 is 2.48 bits per heavy atom. The van der Waals surface area contributed by atoms with Crippen LogP contribution in [0.1, 0.15) is 55.6 Å². The van der Waals surface area contributed by atoms with Crippen LogP contribution < -0.4 is 4.74 Å². The minimum atomic E-state index is -1.19. The van der Waals surface area contributed by atoms with Crippen molar-refractivity contribution in [1.82, 2.24) is 0 Å². The van der Waals surface area contributed by atoms with Gasteiger partial charge in [0.25, 0.3) is 0 Å². The van der Waals surface area contributed by atoms with Crippen LogP contribution in [0.15, 0.2) is 35.4 Å². The van der Waals surface area contributed by atoms with E-state index in [2.05, 4.69) is 6.08 Å². The number of methoxy groups -OCH3 is 1. The number of benzene rings is 1. The Hall–Kier alpha value is -2.27. The van der Waals surface area contributed by atoms with Gasteiger partial charge in [-0.1, -0.05) is 23.3 Å². The molecule has 23 heavy (non-hydrogen) atoms. The van der Waals surface area contributed by atoms with Gasteiger partial charge in [-0.05, 0) is 45.7 Å². The van der Waals surface area contributed by atoms with Gasteiger partial charge in [0, 0.05) is 5.56 Å². The molecular formula is C18H24O5. The van der Waals surface area contributed by atoms with Crippen molar-refractivity contribution in [2.24, 2.45) is 0 Å². The van der Waals surface area contributed by atoms with E-state index in [1.807, 2.05) is 20.8 Å². The summed E-state index contributed by atoms with van der Waals surface area (Å²) in [6, 6.07) is 2.50. The fourth-order valence-corrected chi connectivity index (χ4v) is 2.31. The lowest BCUT2D eigenvalue weighted by atomic mass is 9.97. The second-order valence-electron chi connectivity index (χ2n) is 5.66. The highest BCUT2D eigenvalue weighted by molar-refractivity contribution is 5.91. The van der Waals surface area contributed by atoms with Gasteiger partial charge in [-0.15, -0.1) is 0 Å². The van der Waals surface area contributed by atoms with Crippen LogP contribution in [0.4, 0.5) is 0 Å². The van der Waals surface area contributed by atoms with Crippen molar-refractivity contribution in [3.05, 3.63) is 46.6 Å². The highest BCUT2D eigenvalue weighted by Crippen LogP contribution is 2.37. The average molecular weight is 320 g/mol. The lowest BCUT2D eigenvalue weighted by Gasteiger charge is -2.16. The molecule has 5 nitrogen and oxygen atoms in total. The molecule has 0 aliphatic carbocycles. The van der Waals surface area contributed by atoms with E-state index in [1.54, 1.807) is 6.08 Å². The molecule has 1 rings (SSSR count). The molecule has 0 radical (unpaired) electrons. The van der Waals surface area contributed by atoms with E-state index in [4.69, 9.17) is 4.74 Å². The Bertz CT molecular complexity index is 625. The number of aliphatic hydroxyl groups is 1. The van der Waals surface area contributed by atoms with Gasteiger partial charge in [-0.2, -0.15) is 0 Å². The largest absolute Gasteiger partial charge is 0.504 e. The molecule has 0 amide bonds. The average Bonchev–Trinajstić information content (AvgIpc) is 2.45. The standard InChI is InChI=1S/C18H24O5/c1-11(2)6-5-7-12(3)10-15(20)16-13(18(21)22)8-9-14(19)17(16)23-4/h6,8-10,15,19-20H,5,7H2,1-4H3,(H,21,22)/b12-10+. The number of rotatable bonds is 7. The minimum Gasteiger partial charge on any atom is -0.504 e. The molecule has 0 saturated carbocycles. The molecule has 0 fully saturated rings. The quantitative estimate of drug-likeness (QED) is 0.665. The van der Waals surface area contributed by atoms with Crippen molar-refractivity contribution in [1.29, 1.82) is 0 Å². The SMILES string of the molecule is COc1c(O)ccc(C(=O)O)c1C(O)/C=C(\C)CCC=C(C)C. The second kappa shape index (κ2) is 8.39. The Morgan fingerprint density at radius 1 is 1.30 bits per heavy atom. The fraction of sp³-hybridized carbons (Fsp3) is 0.389. The number of aromatic carboxylic acids is 1. The van der Waals surface area contributed by atoms with E-state index in [0.29, 0.717) is 0 Å². The van der Waals surface area contributed by atoms with Gasteiger partial charge in [0.2, 0.25) is 0 Å². The molecule has 1 unspecified atom stereocenters. The fourth-order valence-electron chi connectivity index (χ4n) is 2.31. The molecule has 1 aromatic carbocycles. The van der Waals surface area contributed by atoms with Crippen LogP contribution in [0.25, 0.3) is 0 Å². The zero-order chi connectivity index (χ0) is 17.6. The number of phenolic OH excluding ortho intramolecular Hbond substituents is 1. The number of ether oxygens (including phenoxy) is 1. The van der Waals surface area contributed by atoms with Crippen molar-refractivity contribution in [2.45, 2.75) is 39.7 Å². The number of hydrogen-bond donors (Lipinski definition) is 3. The highest BCUT2D eigenvalue weighted by atomic mass is 16.5. The molecule has 0 bridgehead atoms. The van der Waals surface area contributed by atoms with Crippen LogP contribution in [0, 0.1) is 0 Å². The van der Waals surface area contributed by atoms with E-state index >= 15 is 0 Å². The lowest BCUT2D eigenvalue weighted by Crippen LogP contribution is -2.08. The Labute approximate surface area is 136 Å². The Balaban J connectivity index is 3.15. The summed E-state index contributed by atoms with van der Waals surface area (Å²) in [7, 11) is 1.32. The van der Waals surface area contributed by atoms with E-state index in [-0.39, 0.29) is 22.6 Å². The predicted octanol–water partition coefficient (Wildman–Crippen LogP) is 3.83. The molecule has 0 aromatic heterocycles. The number of aromatic hydroxyl groups is 1. The van der Waals surface area contributed by atoms with Crippen LogP contribution in [-0.2, 0) is 0 Å². The first-order valence-corrected chi connectivity index (χ1v) is 7.39. The monoisotopic (exact) mass is 320 g/mol. The number of phenols is 1. The van der Waals surface area contributed by atoms with Crippen LogP contribution in [0.3, 0.4) is 0 Å². The minimum absolute atomic E-state index is 0.0225. The summed E-state index contributed by atoms with van der Waals surface area (Å²) in [5.41, 5.74) is 2.11. The van der Waals surface area contributed by atoms with E-state index in [0.717, 1.165) is 18.4 Å². The molecular weight excluding hydrogens is 296 g/mol. The molecule has 3 N–H and O–H groups in total. The van der Waals surface area contributed by atoms with Gasteiger partial charge >= 0.3 is 5.97 Å². The molecule has 0 heterocycles. The molecule has 1 atom stereocenters. The Kier molecular flexibility index (Phi) is 6.85. The zero-order valence-corrected chi connectivity index (χ0v) is 14.0. The highest BCUT2D eigenvalue weighted by Gasteiger charge is 2.23. The molecule has 0 aliphatic heterocycles. The first-order valence-electron chi connectivity index (χ1n) is 7.39.